The summed E-state index contributed by atoms with van der Waals surface area (Å²) in [6, 6.07) is 4.55. The number of benzene rings is 1. The van der Waals surface area contributed by atoms with Gasteiger partial charge in [0.1, 0.15) is 23.4 Å². The summed E-state index contributed by atoms with van der Waals surface area (Å²) in [5.41, 5.74) is 0.0806. The molecule has 1 saturated carbocycles. The molecule has 4 rings (SSSR count). The smallest absolute Gasteiger partial charge is 0.335 e. The van der Waals surface area contributed by atoms with Crippen molar-refractivity contribution in [3.05, 3.63) is 36.2 Å². The van der Waals surface area contributed by atoms with Crippen molar-refractivity contribution in [3.8, 4) is 17.4 Å². The zero-order valence-electron chi connectivity index (χ0n) is 14.8. The van der Waals surface area contributed by atoms with Crippen LogP contribution < -0.4 is 14.8 Å². The van der Waals surface area contributed by atoms with Crippen LogP contribution in [-0.2, 0) is 4.74 Å². The number of rotatable bonds is 8. The van der Waals surface area contributed by atoms with Crippen LogP contribution >= 0.6 is 0 Å². The molecule has 0 bridgehead atoms. The molecular weight excluding hydrogens is 350 g/mol. The van der Waals surface area contributed by atoms with Crippen LogP contribution in [0, 0.1) is 5.92 Å². The first-order valence-electron chi connectivity index (χ1n) is 9.02. The fourth-order valence-electron chi connectivity index (χ4n) is 2.77. The molecule has 2 aromatic rings. The lowest BCUT2D eigenvalue weighted by Gasteiger charge is -2.14. The highest BCUT2D eigenvalue weighted by Crippen LogP contribution is 2.30. The molecule has 8 heteroatoms. The minimum absolute atomic E-state index is 0.0806. The Labute approximate surface area is 156 Å². The standard InChI is InChI=1S/C19H21N3O5/c23-19(24)13-5-15(26-14-3-4-25-11-14)7-16(6-13)27-18-10-21-17(9-22-18)20-8-12-1-2-12/h5-7,9-10,12,14H,1-4,8,11H2,(H,20,21)(H,23,24)/t14-/m0/s1. The van der Waals surface area contributed by atoms with E-state index in [1.165, 1.54) is 31.2 Å². The molecule has 1 aromatic heterocycles. The second-order valence-electron chi connectivity index (χ2n) is 6.77. The number of anilines is 1. The Kier molecular flexibility index (Phi) is 5.06. The molecule has 0 amide bonds. The van der Waals surface area contributed by atoms with E-state index in [4.69, 9.17) is 14.2 Å². The lowest BCUT2D eigenvalue weighted by atomic mass is 10.2. The third kappa shape index (κ3) is 4.85. The zero-order valence-corrected chi connectivity index (χ0v) is 14.8. The van der Waals surface area contributed by atoms with Gasteiger partial charge in [0.2, 0.25) is 5.88 Å². The lowest BCUT2D eigenvalue weighted by Crippen LogP contribution is -2.16. The Morgan fingerprint density at radius 2 is 2.04 bits per heavy atom. The molecule has 8 nitrogen and oxygen atoms in total. The summed E-state index contributed by atoms with van der Waals surface area (Å²) in [7, 11) is 0. The van der Waals surface area contributed by atoms with Crippen molar-refractivity contribution in [2.45, 2.75) is 25.4 Å². The van der Waals surface area contributed by atoms with Crippen molar-refractivity contribution >= 4 is 11.8 Å². The summed E-state index contributed by atoms with van der Waals surface area (Å²) >= 11 is 0. The molecule has 0 unspecified atom stereocenters. The third-order valence-electron chi connectivity index (χ3n) is 4.44. The molecule has 142 valence electrons. The lowest BCUT2D eigenvalue weighted by molar-refractivity contribution is 0.0695. The molecule has 0 spiro atoms. The molecule has 27 heavy (non-hydrogen) atoms. The van der Waals surface area contributed by atoms with Gasteiger partial charge in [-0.1, -0.05) is 0 Å². The van der Waals surface area contributed by atoms with Crippen molar-refractivity contribution in [1.29, 1.82) is 0 Å². The van der Waals surface area contributed by atoms with Crippen LogP contribution in [0.2, 0.25) is 0 Å². The predicted octanol–water partition coefficient (Wildman–Crippen LogP) is 2.96. The molecule has 2 N–H and O–H groups in total. The van der Waals surface area contributed by atoms with Gasteiger partial charge in [-0.15, -0.1) is 0 Å². The first-order valence-corrected chi connectivity index (χ1v) is 9.02. The summed E-state index contributed by atoms with van der Waals surface area (Å²) in [5.74, 6) is 1.42. The minimum Gasteiger partial charge on any atom is -0.488 e. The number of hydrogen-bond acceptors (Lipinski definition) is 7. The van der Waals surface area contributed by atoms with Crippen LogP contribution in [0.5, 0.6) is 17.4 Å². The number of carboxylic acids is 1. The number of carboxylic acid groups (broad SMARTS) is 1. The largest absolute Gasteiger partial charge is 0.488 e. The Morgan fingerprint density at radius 3 is 2.70 bits per heavy atom. The highest BCUT2D eigenvalue weighted by molar-refractivity contribution is 5.88. The third-order valence-corrected chi connectivity index (χ3v) is 4.44. The molecule has 2 fully saturated rings. The number of aromatic carboxylic acids is 1. The maximum absolute atomic E-state index is 11.4. The van der Waals surface area contributed by atoms with E-state index >= 15 is 0 Å². The van der Waals surface area contributed by atoms with Gasteiger partial charge < -0.3 is 24.6 Å². The topological polar surface area (TPSA) is 103 Å². The first-order chi connectivity index (χ1) is 13.2. The van der Waals surface area contributed by atoms with E-state index in [9.17, 15) is 9.90 Å². The van der Waals surface area contributed by atoms with Gasteiger partial charge in [-0.3, -0.25) is 0 Å². The highest BCUT2D eigenvalue weighted by atomic mass is 16.5. The number of carbonyl (C=O) groups is 1. The average molecular weight is 371 g/mol. The second kappa shape index (κ2) is 7.79. The fourth-order valence-corrected chi connectivity index (χ4v) is 2.77. The van der Waals surface area contributed by atoms with Crippen molar-refractivity contribution < 1.29 is 24.1 Å². The van der Waals surface area contributed by atoms with Gasteiger partial charge in [-0.05, 0) is 30.9 Å². The zero-order chi connectivity index (χ0) is 18.6. The first kappa shape index (κ1) is 17.5. The van der Waals surface area contributed by atoms with Gasteiger partial charge in [0.25, 0.3) is 0 Å². The van der Waals surface area contributed by atoms with E-state index in [2.05, 4.69) is 15.3 Å². The quantitative estimate of drug-likeness (QED) is 0.730. The normalized spacial score (nSPS) is 18.9. The van der Waals surface area contributed by atoms with Gasteiger partial charge >= 0.3 is 5.97 Å². The van der Waals surface area contributed by atoms with E-state index in [1.54, 1.807) is 12.3 Å². The van der Waals surface area contributed by atoms with E-state index in [-0.39, 0.29) is 17.5 Å². The van der Waals surface area contributed by atoms with Crippen LogP contribution in [0.4, 0.5) is 5.82 Å². The summed E-state index contributed by atoms with van der Waals surface area (Å²) in [6.45, 7) is 2.04. The Bertz CT molecular complexity index is 801. The molecule has 1 saturated heterocycles. The molecule has 1 aliphatic heterocycles. The van der Waals surface area contributed by atoms with Gasteiger partial charge in [-0.25, -0.2) is 14.8 Å². The van der Waals surface area contributed by atoms with Crippen LogP contribution in [0.3, 0.4) is 0 Å². The predicted molar refractivity (Wildman–Crippen MR) is 96.6 cm³/mol. The fraction of sp³-hybridized carbons (Fsp3) is 0.421. The molecule has 2 heterocycles. The average Bonchev–Trinajstić information content (AvgIpc) is 3.36. The Hall–Kier alpha value is -2.87. The van der Waals surface area contributed by atoms with Crippen LogP contribution in [0.15, 0.2) is 30.6 Å². The molecular formula is C19H21N3O5. The second-order valence-corrected chi connectivity index (χ2v) is 6.77. The SMILES string of the molecule is O=C(O)c1cc(Oc2cnc(NCC3CC3)cn2)cc(O[C@H]2CCOC2)c1. The van der Waals surface area contributed by atoms with Crippen molar-refractivity contribution in [1.82, 2.24) is 9.97 Å². The Morgan fingerprint density at radius 1 is 1.19 bits per heavy atom. The van der Waals surface area contributed by atoms with E-state index in [0.717, 1.165) is 18.9 Å². The van der Waals surface area contributed by atoms with Crippen molar-refractivity contribution in [2.75, 3.05) is 25.1 Å². The summed E-state index contributed by atoms with van der Waals surface area (Å²) < 4.78 is 16.8. The summed E-state index contributed by atoms with van der Waals surface area (Å²) in [5, 5.41) is 12.6. The maximum atomic E-state index is 11.4. The molecule has 1 atom stereocenters. The summed E-state index contributed by atoms with van der Waals surface area (Å²) in [4.78, 5) is 19.9. The van der Waals surface area contributed by atoms with Gasteiger partial charge in [0.05, 0.1) is 31.2 Å². The monoisotopic (exact) mass is 371 g/mol. The minimum atomic E-state index is -1.06. The number of nitrogens with one attached hydrogen (secondary N) is 1. The highest BCUT2D eigenvalue weighted by Gasteiger charge is 2.21. The Balaban J connectivity index is 1.46. The molecule has 2 aliphatic rings. The number of aromatic nitrogens is 2. The molecule has 1 aromatic carbocycles. The van der Waals surface area contributed by atoms with Crippen molar-refractivity contribution in [2.24, 2.45) is 5.92 Å². The summed E-state index contributed by atoms with van der Waals surface area (Å²) in [6.07, 6.45) is 6.32. The maximum Gasteiger partial charge on any atom is 0.335 e. The van der Waals surface area contributed by atoms with Crippen LogP contribution in [0.1, 0.15) is 29.6 Å². The van der Waals surface area contributed by atoms with Crippen LogP contribution in [0.25, 0.3) is 0 Å². The van der Waals surface area contributed by atoms with Crippen LogP contribution in [-0.4, -0.2) is 46.9 Å². The molecule has 1 aliphatic carbocycles. The number of hydrogen-bond donors (Lipinski definition) is 2. The van der Waals surface area contributed by atoms with E-state index in [1.807, 2.05) is 0 Å². The molecule has 0 radical (unpaired) electrons. The number of ether oxygens (including phenoxy) is 3. The van der Waals surface area contributed by atoms with E-state index in [0.29, 0.717) is 30.5 Å². The van der Waals surface area contributed by atoms with Crippen molar-refractivity contribution in [3.63, 3.8) is 0 Å². The van der Waals surface area contributed by atoms with Gasteiger partial charge in [0, 0.05) is 19.0 Å². The van der Waals surface area contributed by atoms with E-state index < -0.39 is 5.97 Å². The number of nitrogens with zero attached hydrogens (tertiary/aromatic N) is 2. The van der Waals surface area contributed by atoms with Gasteiger partial charge in [0.15, 0.2) is 0 Å². The van der Waals surface area contributed by atoms with Gasteiger partial charge in [-0.2, -0.15) is 0 Å².